The van der Waals surface area contributed by atoms with Crippen molar-refractivity contribution in [2.75, 3.05) is 18.4 Å². The second-order valence-corrected chi connectivity index (χ2v) is 5.25. The predicted octanol–water partition coefficient (Wildman–Crippen LogP) is 1.94. The average Bonchev–Trinajstić information content (AvgIpc) is 2.47. The van der Waals surface area contributed by atoms with Crippen LogP contribution in [0.15, 0.2) is 36.9 Å². The van der Waals surface area contributed by atoms with Gasteiger partial charge in [0.15, 0.2) is 0 Å². The summed E-state index contributed by atoms with van der Waals surface area (Å²) < 4.78 is 0. The summed E-state index contributed by atoms with van der Waals surface area (Å²) in [6.07, 6.45) is 7.12. The van der Waals surface area contributed by atoms with Crippen molar-refractivity contribution in [3.63, 3.8) is 0 Å². The highest BCUT2D eigenvalue weighted by atomic mass is 15.1. The topological polar surface area (TPSA) is 76.7 Å². The zero-order valence-corrected chi connectivity index (χ0v) is 11.3. The van der Waals surface area contributed by atoms with Crippen molar-refractivity contribution in [3.8, 4) is 11.1 Å². The van der Waals surface area contributed by atoms with Gasteiger partial charge in [-0.3, -0.25) is 4.98 Å². The molecule has 2 rings (SSSR count). The summed E-state index contributed by atoms with van der Waals surface area (Å²) >= 11 is 0. The number of anilines is 1. The van der Waals surface area contributed by atoms with Crippen molar-refractivity contribution in [1.29, 1.82) is 0 Å². The van der Waals surface area contributed by atoms with Crippen LogP contribution in [0.3, 0.4) is 0 Å². The fourth-order valence-corrected chi connectivity index (χ4v) is 1.50. The maximum atomic E-state index is 5.68. The Morgan fingerprint density at radius 2 is 1.74 bits per heavy atom. The molecule has 0 aliphatic carbocycles. The molecule has 0 saturated heterocycles. The van der Waals surface area contributed by atoms with Gasteiger partial charge in [0.2, 0.25) is 5.95 Å². The van der Waals surface area contributed by atoms with Gasteiger partial charge in [-0.2, -0.15) is 0 Å². The lowest BCUT2D eigenvalue weighted by atomic mass is 9.94. The monoisotopic (exact) mass is 257 g/mol. The van der Waals surface area contributed by atoms with Crippen molar-refractivity contribution < 1.29 is 0 Å². The number of nitrogens with zero attached hydrogens (tertiary/aromatic N) is 3. The third-order valence-electron chi connectivity index (χ3n) is 2.94. The average molecular weight is 257 g/mol. The molecule has 2 aromatic rings. The standard InChI is InChI=1S/C14H19N5/c1-14(2,9-15)10-19-13-17-7-12(8-18-13)11-3-5-16-6-4-11/h3-8H,9-10,15H2,1-2H3,(H,17,18,19). The summed E-state index contributed by atoms with van der Waals surface area (Å²) in [6, 6.07) is 3.87. The first-order chi connectivity index (χ1) is 9.11. The second-order valence-electron chi connectivity index (χ2n) is 5.25. The van der Waals surface area contributed by atoms with Crippen molar-refractivity contribution in [2.45, 2.75) is 13.8 Å². The summed E-state index contributed by atoms with van der Waals surface area (Å²) in [5.74, 6) is 0.624. The van der Waals surface area contributed by atoms with Gasteiger partial charge >= 0.3 is 0 Å². The van der Waals surface area contributed by atoms with E-state index in [2.05, 4.69) is 34.1 Å². The van der Waals surface area contributed by atoms with Gasteiger partial charge in [0.25, 0.3) is 0 Å². The van der Waals surface area contributed by atoms with E-state index >= 15 is 0 Å². The second kappa shape index (κ2) is 5.75. The number of nitrogens with two attached hydrogens (primary N) is 1. The molecule has 5 heteroatoms. The van der Waals surface area contributed by atoms with E-state index in [-0.39, 0.29) is 5.41 Å². The molecule has 2 heterocycles. The van der Waals surface area contributed by atoms with Crippen LogP contribution in [0.1, 0.15) is 13.8 Å². The third kappa shape index (κ3) is 3.72. The number of aromatic nitrogens is 3. The van der Waals surface area contributed by atoms with Crippen molar-refractivity contribution >= 4 is 5.95 Å². The van der Waals surface area contributed by atoms with E-state index in [0.29, 0.717) is 12.5 Å². The van der Waals surface area contributed by atoms with Crippen molar-refractivity contribution in [1.82, 2.24) is 15.0 Å². The Morgan fingerprint density at radius 3 is 2.32 bits per heavy atom. The normalized spacial score (nSPS) is 11.3. The maximum Gasteiger partial charge on any atom is 0.222 e. The number of hydrogen-bond donors (Lipinski definition) is 2. The highest BCUT2D eigenvalue weighted by Gasteiger charge is 2.15. The molecule has 0 spiro atoms. The number of pyridine rings is 1. The fourth-order valence-electron chi connectivity index (χ4n) is 1.50. The Labute approximate surface area is 113 Å². The van der Waals surface area contributed by atoms with Crippen molar-refractivity contribution in [2.24, 2.45) is 11.1 Å². The quantitative estimate of drug-likeness (QED) is 0.856. The molecule has 0 atom stereocenters. The number of rotatable bonds is 5. The summed E-state index contributed by atoms with van der Waals surface area (Å²) in [7, 11) is 0. The van der Waals surface area contributed by atoms with Gasteiger partial charge < -0.3 is 11.1 Å². The molecule has 0 fully saturated rings. The zero-order chi connectivity index (χ0) is 13.7. The molecule has 0 amide bonds. The summed E-state index contributed by atoms with van der Waals surface area (Å²) in [5.41, 5.74) is 7.76. The van der Waals surface area contributed by atoms with Crippen LogP contribution in [0.4, 0.5) is 5.95 Å². The maximum absolute atomic E-state index is 5.68. The van der Waals surface area contributed by atoms with Gasteiger partial charge in [-0.1, -0.05) is 13.8 Å². The Kier molecular flexibility index (Phi) is 4.06. The Morgan fingerprint density at radius 1 is 1.11 bits per heavy atom. The SMILES string of the molecule is CC(C)(CN)CNc1ncc(-c2ccncc2)cn1. The van der Waals surface area contributed by atoms with Crippen LogP contribution in [-0.4, -0.2) is 28.0 Å². The predicted molar refractivity (Wildman–Crippen MR) is 76.6 cm³/mol. The molecular weight excluding hydrogens is 238 g/mol. The first kappa shape index (κ1) is 13.4. The molecule has 2 aromatic heterocycles. The summed E-state index contributed by atoms with van der Waals surface area (Å²) in [5, 5.41) is 3.20. The largest absolute Gasteiger partial charge is 0.354 e. The minimum Gasteiger partial charge on any atom is -0.354 e. The Bertz CT molecular complexity index is 507. The van der Waals surface area contributed by atoms with Crippen LogP contribution in [0, 0.1) is 5.41 Å². The van der Waals surface area contributed by atoms with Gasteiger partial charge in [0.1, 0.15) is 0 Å². The van der Waals surface area contributed by atoms with Gasteiger partial charge in [-0.25, -0.2) is 9.97 Å². The number of nitrogens with one attached hydrogen (secondary N) is 1. The van der Waals surface area contributed by atoms with E-state index in [1.165, 1.54) is 0 Å². The van der Waals surface area contributed by atoms with Gasteiger partial charge in [0, 0.05) is 36.9 Å². The van der Waals surface area contributed by atoms with Crippen LogP contribution in [0.2, 0.25) is 0 Å². The Balaban J connectivity index is 2.03. The van der Waals surface area contributed by atoms with Gasteiger partial charge in [0.05, 0.1) is 0 Å². The van der Waals surface area contributed by atoms with Crippen LogP contribution < -0.4 is 11.1 Å². The summed E-state index contributed by atoms with van der Waals surface area (Å²) in [4.78, 5) is 12.6. The lowest BCUT2D eigenvalue weighted by Gasteiger charge is -2.22. The van der Waals surface area contributed by atoms with Gasteiger partial charge in [-0.15, -0.1) is 0 Å². The van der Waals surface area contributed by atoms with E-state index in [1.54, 1.807) is 24.8 Å². The first-order valence-electron chi connectivity index (χ1n) is 6.27. The van der Waals surface area contributed by atoms with E-state index in [1.807, 2.05) is 12.1 Å². The highest BCUT2D eigenvalue weighted by molar-refractivity contribution is 5.61. The molecule has 19 heavy (non-hydrogen) atoms. The lowest BCUT2D eigenvalue weighted by Crippen LogP contribution is -2.31. The molecule has 0 aliphatic rings. The highest BCUT2D eigenvalue weighted by Crippen LogP contribution is 2.17. The number of hydrogen-bond acceptors (Lipinski definition) is 5. The van der Waals surface area contributed by atoms with Crippen LogP contribution in [-0.2, 0) is 0 Å². The first-order valence-corrected chi connectivity index (χ1v) is 6.27. The van der Waals surface area contributed by atoms with Crippen LogP contribution >= 0.6 is 0 Å². The van der Waals surface area contributed by atoms with E-state index in [4.69, 9.17) is 5.73 Å². The molecule has 0 saturated carbocycles. The molecule has 0 bridgehead atoms. The molecular formula is C14H19N5. The molecule has 0 unspecified atom stereocenters. The molecule has 0 aromatic carbocycles. The van der Waals surface area contributed by atoms with E-state index in [0.717, 1.165) is 17.7 Å². The lowest BCUT2D eigenvalue weighted by molar-refractivity contribution is 0.404. The zero-order valence-electron chi connectivity index (χ0n) is 11.3. The van der Waals surface area contributed by atoms with Crippen LogP contribution in [0.25, 0.3) is 11.1 Å². The van der Waals surface area contributed by atoms with Crippen LogP contribution in [0.5, 0.6) is 0 Å². The molecule has 3 N–H and O–H groups in total. The van der Waals surface area contributed by atoms with Gasteiger partial charge in [-0.05, 0) is 29.7 Å². The molecule has 0 aliphatic heterocycles. The summed E-state index contributed by atoms with van der Waals surface area (Å²) in [6.45, 7) is 5.57. The molecule has 100 valence electrons. The third-order valence-corrected chi connectivity index (χ3v) is 2.94. The van der Waals surface area contributed by atoms with E-state index < -0.39 is 0 Å². The van der Waals surface area contributed by atoms with E-state index in [9.17, 15) is 0 Å². The minimum absolute atomic E-state index is 0.0349. The molecule has 0 radical (unpaired) electrons. The van der Waals surface area contributed by atoms with Crippen molar-refractivity contribution in [3.05, 3.63) is 36.9 Å². The molecule has 5 nitrogen and oxygen atoms in total. The fraction of sp³-hybridized carbons (Fsp3) is 0.357. The minimum atomic E-state index is 0.0349. The smallest absolute Gasteiger partial charge is 0.222 e. The Hall–Kier alpha value is -2.01.